The number of methoxy groups -OCH3 is 2. The summed E-state index contributed by atoms with van der Waals surface area (Å²) in [6.07, 6.45) is 0. The molecule has 0 saturated carbocycles. The highest BCUT2D eigenvalue weighted by Gasteiger charge is 2.23. The van der Waals surface area contributed by atoms with E-state index in [4.69, 9.17) is 0 Å². The third kappa shape index (κ3) is 4.33. The summed E-state index contributed by atoms with van der Waals surface area (Å²) in [7, 11) is -1.88. The van der Waals surface area contributed by atoms with Crippen LogP contribution in [0.1, 0.15) is 26.4 Å². The Morgan fingerprint density at radius 3 is 2.03 bits per heavy atom. The van der Waals surface area contributed by atoms with Gasteiger partial charge in [-0.15, -0.1) is 0 Å². The summed E-state index contributed by atoms with van der Waals surface area (Å²) in [5, 5.41) is 4.32. The van der Waals surface area contributed by atoms with Crippen LogP contribution in [0.4, 0.5) is 5.82 Å². The fourth-order valence-corrected chi connectivity index (χ4v) is 3.86. The highest BCUT2D eigenvalue weighted by Crippen LogP contribution is 2.23. The summed E-state index contributed by atoms with van der Waals surface area (Å²) in [6.45, 7) is 1.73. The number of nitrogens with one attached hydrogen (secondary N) is 1. The van der Waals surface area contributed by atoms with E-state index in [1.165, 1.54) is 10.7 Å². The summed E-state index contributed by atoms with van der Waals surface area (Å²) in [4.78, 5) is 23.6. The van der Waals surface area contributed by atoms with Crippen LogP contribution >= 0.6 is 0 Å². The summed E-state index contributed by atoms with van der Waals surface area (Å²) in [6, 6.07) is 14.0. The van der Waals surface area contributed by atoms with Crippen LogP contribution < -0.4 is 4.72 Å². The largest absolute Gasteiger partial charge is 0.465 e. The smallest absolute Gasteiger partial charge is 0.337 e. The third-order valence-corrected chi connectivity index (χ3v) is 5.46. The number of para-hydroxylation sites is 1. The van der Waals surface area contributed by atoms with Crippen molar-refractivity contribution in [2.75, 3.05) is 18.9 Å². The van der Waals surface area contributed by atoms with Crippen molar-refractivity contribution in [2.45, 2.75) is 11.8 Å². The van der Waals surface area contributed by atoms with E-state index in [0.29, 0.717) is 11.4 Å². The van der Waals surface area contributed by atoms with Crippen LogP contribution in [0.25, 0.3) is 5.69 Å². The van der Waals surface area contributed by atoms with E-state index in [1.807, 2.05) is 6.07 Å². The van der Waals surface area contributed by atoms with Crippen molar-refractivity contribution >= 4 is 27.8 Å². The number of hydrogen-bond acceptors (Lipinski definition) is 7. The topological polar surface area (TPSA) is 117 Å². The molecule has 0 unspecified atom stereocenters. The van der Waals surface area contributed by atoms with Gasteiger partial charge in [0.25, 0.3) is 10.0 Å². The van der Waals surface area contributed by atoms with E-state index in [0.717, 1.165) is 26.4 Å². The van der Waals surface area contributed by atoms with E-state index in [9.17, 15) is 18.0 Å². The number of carbonyl (C=O) groups excluding carboxylic acids is 2. The van der Waals surface area contributed by atoms with E-state index < -0.39 is 22.0 Å². The van der Waals surface area contributed by atoms with Gasteiger partial charge in [-0.3, -0.25) is 4.72 Å². The zero-order valence-electron chi connectivity index (χ0n) is 16.4. The summed E-state index contributed by atoms with van der Waals surface area (Å²) in [5.41, 5.74) is 1.04. The molecule has 3 aromatic rings. The number of anilines is 1. The Hall–Kier alpha value is -3.66. The summed E-state index contributed by atoms with van der Waals surface area (Å²) in [5.74, 6) is -1.38. The molecule has 0 atom stereocenters. The molecular formula is C20H19N3O6S. The van der Waals surface area contributed by atoms with E-state index >= 15 is 0 Å². The number of benzene rings is 2. The lowest BCUT2D eigenvalue weighted by molar-refractivity contribution is 0.0598. The summed E-state index contributed by atoms with van der Waals surface area (Å²) >= 11 is 0. The van der Waals surface area contributed by atoms with E-state index in [1.54, 1.807) is 37.3 Å². The maximum atomic E-state index is 13.1. The molecule has 1 heterocycles. The number of carbonyl (C=O) groups is 2. The first-order chi connectivity index (χ1) is 14.2. The fourth-order valence-electron chi connectivity index (χ4n) is 2.76. The van der Waals surface area contributed by atoms with Crippen molar-refractivity contribution in [1.82, 2.24) is 9.78 Å². The Bertz CT molecular complexity index is 1170. The molecule has 1 N–H and O–H groups in total. The standard InChI is InChI=1S/C20H19N3O6S/c1-13-9-18(23(21-13)16-7-5-4-6-8-16)22-30(26,27)17-11-14(19(24)28-2)10-15(12-17)20(25)29-3/h4-12,22H,1-3H3. The van der Waals surface area contributed by atoms with Crippen LogP contribution in [0.3, 0.4) is 0 Å². The Morgan fingerprint density at radius 2 is 1.50 bits per heavy atom. The number of nitrogens with zero attached hydrogens (tertiary/aromatic N) is 2. The van der Waals surface area contributed by atoms with Crippen molar-refractivity contribution in [1.29, 1.82) is 0 Å². The fraction of sp³-hybridized carbons (Fsp3) is 0.150. The lowest BCUT2D eigenvalue weighted by Crippen LogP contribution is -2.18. The number of hydrogen-bond donors (Lipinski definition) is 1. The zero-order chi connectivity index (χ0) is 21.9. The minimum absolute atomic E-state index is 0.103. The lowest BCUT2D eigenvalue weighted by atomic mass is 10.1. The molecule has 0 aliphatic carbocycles. The molecular weight excluding hydrogens is 410 g/mol. The van der Waals surface area contributed by atoms with Gasteiger partial charge >= 0.3 is 11.9 Å². The van der Waals surface area contributed by atoms with Gasteiger partial charge in [-0.2, -0.15) is 5.10 Å². The van der Waals surface area contributed by atoms with Crippen LogP contribution in [0.15, 0.2) is 59.5 Å². The SMILES string of the molecule is COC(=O)c1cc(C(=O)OC)cc(S(=O)(=O)Nc2cc(C)nn2-c2ccccc2)c1. The van der Waals surface area contributed by atoms with E-state index in [-0.39, 0.29) is 21.8 Å². The Kier molecular flexibility index (Phi) is 5.88. The Morgan fingerprint density at radius 1 is 0.933 bits per heavy atom. The van der Waals surface area contributed by atoms with Crippen molar-refractivity contribution in [3.8, 4) is 5.69 Å². The molecule has 0 fully saturated rings. The highest BCUT2D eigenvalue weighted by molar-refractivity contribution is 7.92. The molecule has 0 aliphatic heterocycles. The second-order valence-corrected chi connectivity index (χ2v) is 7.94. The van der Waals surface area contributed by atoms with Gasteiger partial charge < -0.3 is 9.47 Å². The maximum absolute atomic E-state index is 13.1. The predicted molar refractivity (Wildman–Crippen MR) is 108 cm³/mol. The lowest BCUT2D eigenvalue weighted by Gasteiger charge is -2.12. The maximum Gasteiger partial charge on any atom is 0.337 e. The number of esters is 2. The van der Waals surface area contributed by atoms with Crippen molar-refractivity contribution in [2.24, 2.45) is 0 Å². The van der Waals surface area contributed by atoms with Gasteiger partial charge in [-0.1, -0.05) is 18.2 Å². The normalized spacial score (nSPS) is 11.0. The average Bonchev–Trinajstić information content (AvgIpc) is 3.12. The van der Waals surface area contributed by atoms with Gasteiger partial charge in [0, 0.05) is 6.07 Å². The molecule has 30 heavy (non-hydrogen) atoms. The number of sulfonamides is 1. The van der Waals surface area contributed by atoms with Crippen molar-refractivity contribution in [3.63, 3.8) is 0 Å². The highest BCUT2D eigenvalue weighted by atomic mass is 32.2. The molecule has 10 heteroatoms. The molecule has 0 radical (unpaired) electrons. The van der Waals surface area contributed by atoms with Gasteiger partial charge in [0.05, 0.1) is 41.6 Å². The monoisotopic (exact) mass is 429 g/mol. The van der Waals surface area contributed by atoms with Gasteiger partial charge in [-0.05, 0) is 37.3 Å². The number of ether oxygens (including phenoxy) is 2. The molecule has 2 aromatic carbocycles. The predicted octanol–water partition coefficient (Wildman–Crippen LogP) is 2.55. The Balaban J connectivity index is 2.07. The molecule has 1 aromatic heterocycles. The van der Waals surface area contributed by atoms with Crippen molar-refractivity contribution < 1.29 is 27.5 Å². The molecule has 9 nitrogen and oxygen atoms in total. The van der Waals surface area contributed by atoms with Crippen LogP contribution in [-0.2, 0) is 19.5 Å². The minimum atomic E-state index is -4.19. The summed E-state index contributed by atoms with van der Waals surface area (Å²) < 4.78 is 39.3. The van der Waals surface area contributed by atoms with Crippen LogP contribution in [-0.4, -0.2) is 44.4 Å². The number of aromatic nitrogens is 2. The first kappa shape index (κ1) is 21.1. The molecule has 156 valence electrons. The first-order valence-corrected chi connectivity index (χ1v) is 10.2. The number of rotatable bonds is 6. The zero-order valence-corrected chi connectivity index (χ0v) is 17.3. The van der Waals surface area contributed by atoms with E-state index in [2.05, 4.69) is 19.3 Å². The molecule has 0 bridgehead atoms. The Labute approximate surface area is 173 Å². The molecule has 0 aliphatic rings. The molecule has 0 saturated heterocycles. The first-order valence-electron chi connectivity index (χ1n) is 8.72. The van der Waals surface area contributed by atoms with Gasteiger partial charge in [0.1, 0.15) is 5.82 Å². The minimum Gasteiger partial charge on any atom is -0.465 e. The van der Waals surface area contributed by atoms with Crippen LogP contribution in [0.5, 0.6) is 0 Å². The van der Waals surface area contributed by atoms with Crippen LogP contribution in [0.2, 0.25) is 0 Å². The molecule has 3 rings (SSSR count). The van der Waals surface area contributed by atoms with Gasteiger partial charge in [0.2, 0.25) is 0 Å². The van der Waals surface area contributed by atoms with Crippen molar-refractivity contribution in [3.05, 3.63) is 71.4 Å². The van der Waals surface area contributed by atoms with Crippen LogP contribution in [0, 0.1) is 6.92 Å². The third-order valence-electron chi connectivity index (χ3n) is 4.13. The number of aryl methyl sites for hydroxylation is 1. The molecule has 0 spiro atoms. The second kappa shape index (κ2) is 8.37. The van der Waals surface area contributed by atoms with Gasteiger partial charge in [0.15, 0.2) is 0 Å². The average molecular weight is 429 g/mol. The quantitative estimate of drug-likeness (QED) is 0.599. The molecule has 0 amide bonds. The second-order valence-electron chi connectivity index (χ2n) is 6.25. The van der Waals surface area contributed by atoms with Gasteiger partial charge in [-0.25, -0.2) is 22.7 Å².